The number of unbranched alkanes of at least 4 members (excludes halogenated alkanes) is 1. The normalized spacial score (nSPS) is 13.2. The Morgan fingerprint density at radius 2 is 1.86 bits per heavy atom. The highest BCUT2D eigenvalue weighted by molar-refractivity contribution is 7.86. The lowest BCUT2D eigenvalue weighted by Crippen LogP contribution is -2.19. The number of aliphatic hydroxyl groups excluding tert-OH is 1. The summed E-state index contributed by atoms with van der Waals surface area (Å²) in [7, 11) is -3.77. The largest absolute Gasteiger partial charge is 0.396 e. The highest BCUT2D eigenvalue weighted by Gasteiger charge is 2.18. The van der Waals surface area contributed by atoms with Crippen LogP contribution in [0.1, 0.15) is 31.7 Å². The highest BCUT2D eigenvalue weighted by Crippen LogP contribution is 2.15. The van der Waals surface area contributed by atoms with E-state index in [2.05, 4.69) is 6.92 Å². The first kappa shape index (κ1) is 19.1. The Morgan fingerprint density at radius 1 is 1.18 bits per heavy atom. The molecule has 0 bridgehead atoms. The number of aryl methyl sites for hydroxylation is 1. The number of benzene rings is 1. The number of ether oxygens (including phenoxy) is 1. The summed E-state index contributed by atoms with van der Waals surface area (Å²) in [4.78, 5) is 0.133. The minimum atomic E-state index is -3.77. The van der Waals surface area contributed by atoms with E-state index in [0.29, 0.717) is 19.6 Å². The van der Waals surface area contributed by atoms with E-state index < -0.39 is 10.1 Å². The molecule has 126 valence electrons. The molecule has 6 heteroatoms. The third-order valence-corrected chi connectivity index (χ3v) is 4.64. The van der Waals surface area contributed by atoms with Crippen LogP contribution < -0.4 is 0 Å². The first-order chi connectivity index (χ1) is 10.5. The van der Waals surface area contributed by atoms with Crippen molar-refractivity contribution in [1.82, 2.24) is 0 Å². The average molecular weight is 330 g/mol. The van der Waals surface area contributed by atoms with Crippen molar-refractivity contribution in [2.45, 2.75) is 38.0 Å². The van der Waals surface area contributed by atoms with E-state index in [9.17, 15) is 13.5 Å². The van der Waals surface area contributed by atoms with E-state index in [-0.39, 0.29) is 24.0 Å². The summed E-state index contributed by atoms with van der Waals surface area (Å²) in [5, 5.41) is 9.30. The Balaban J connectivity index is 2.42. The summed E-state index contributed by atoms with van der Waals surface area (Å²) >= 11 is 0. The number of hydrogen-bond donors (Lipinski definition) is 1. The van der Waals surface area contributed by atoms with Gasteiger partial charge in [0.25, 0.3) is 10.1 Å². The predicted octanol–water partition coefficient (Wildman–Crippen LogP) is 2.52. The van der Waals surface area contributed by atoms with Gasteiger partial charge >= 0.3 is 0 Å². The van der Waals surface area contributed by atoms with Gasteiger partial charge in [-0.2, -0.15) is 8.42 Å². The Bertz CT molecular complexity index is 510. The molecule has 0 heterocycles. The van der Waals surface area contributed by atoms with Gasteiger partial charge in [0.15, 0.2) is 0 Å². The minimum absolute atomic E-state index is 0.0378. The van der Waals surface area contributed by atoms with Gasteiger partial charge in [0.05, 0.1) is 11.5 Å². The zero-order valence-electron chi connectivity index (χ0n) is 13.3. The molecule has 1 aromatic rings. The second kappa shape index (κ2) is 9.94. The molecule has 1 N–H and O–H groups in total. The van der Waals surface area contributed by atoms with Gasteiger partial charge in [-0.25, -0.2) is 0 Å². The van der Waals surface area contributed by atoms with Gasteiger partial charge in [-0.3, -0.25) is 4.18 Å². The quantitative estimate of drug-likeness (QED) is 0.498. The van der Waals surface area contributed by atoms with Crippen molar-refractivity contribution >= 4 is 10.1 Å². The summed E-state index contributed by atoms with van der Waals surface area (Å²) in [5.74, 6) is -0.248. The lowest BCUT2D eigenvalue weighted by atomic mass is 10.1. The lowest BCUT2D eigenvalue weighted by Gasteiger charge is -2.14. The van der Waals surface area contributed by atoms with Crippen LogP contribution >= 0.6 is 0 Å². The van der Waals surface area contributed by atoms with Crippen molar-refractivity contribution < 1.29 is 22.4 Å². The van der Waals surface area contributed by atoms with E-state index in [4.69, 9.17) is 8.92 Å². The van der Waals surface area contributed by atoms with Crippen molar-refractivity contribution in [3.05, 3.63) is 29.8 Å². The molecule has 0 aliphatic carbocycles. The van der Waals surface area contributed by atoms with E-state index in [1.165, 1.54) is 12.1 Å². The van der Waals surface area contributed by atoms with Crippen molar-refractivity contribution in [1.29, 1.82) is 0 Å². The lowest BCUT2D eigenvalue weighted by molar-refractivity contribution is 0.0885. The Kier molecular flexibility index (Phi) is 8.63. The molecule has 0 fully saturated rings. The van der Waals surface area contributed by atoms with E-state index in [1.54, 1.807) is 12.1 Å². The second-order valence-corrected chi connectivity index (χ2v) is 6.97. The summed E-state index contributed by atoms with van der Waals surface area (Å²) in [6, 6.07) is 6.49. The van der Waals surface area contributed by atoms with Gasteiger partial charge in [0.2, 0.25) is 0 Å². The molecule has 0 aliphatic rings. The van der Waals surface area contributed by atoms with Crippen molar-refractivity contribution in [2.75, 3.05) is 26.4 Å². The molecule has 5 nitrogen and oxygen atoms in total. The minimum Gasteiger partial charge on any atom is -0.396 e. The highest BCUT2D eigenvalue weighted by atomic mass is 32.2. The maximum absolute atomic E-state index is 12.0. The molecule has 22 heavy (non-hydrogen) atoms. The van der Waals surface area contributed by atoms with E-state index in [0.717, 1.165) is 18.4 Å². The smallest absolute Gasteiger partial charge is 0.296 e. The van der Waals surface area contributed by atoms with Gasteiger partial charge in [0.1, 0.15) is 0 Å². The van der Waals surface area contributed by atoms with Crippen LogP contribution in [0.3, 0.4) is 0 Å². The molecule has 0 radical (unpaired) electrons. The summed E-state index contributed by atoms with van der Waals surface area (Å²) < 4.78 is 34.6. The first-order valence-electron chi connectivity index (χ1n) is 7.64. The fourth-order valence-electron chi connectivity index (χ4n) is 1.78. The molecular weight excluding hydrogens is 304 g/mol. The molecule has 1 aromatic carbocycles. The van der Waals surface area contributed by atoms with Gasteiger partial charge in [-0.1, -0.05) is 31.0 Å². The number of hydrogen-bond acceptors (Lipinski definition) is 5. The molecular formula is C16H26O5S. The Morgan fingerprint density at radius 3 is 2.45 bits per heavy atom. The van der Waals surface area contributed by atoms with Crippen molar-refractivity contribution in [2.24, 2.45) is 5.92 Å². The van der Waals surface area contributed by atoms with Gasteiger partial charge in [-0.15, -0.1) is 0 Å². The van der Waals surface area contributed by atoms with Crippen LogP contribution in [0.25, 0.3) is 0 Å². The van der Waals surface area contributed by atoms with Crippen LogP contribution in [0.2, 0.25) is 0 Å². The second-order valence-electron chi connectivity index (χ2n) is 5.35. The fraction of sp³-hybridized carbons (Fsp3) is 0.625. The molecule has 0 saturated carbocycles. The van der Waals surface area contributed by atoms with Gasteiger partial charge in [-0.05, 0) is 31.9 Å². The SMILES string of the molecule is CCCCOCCC(CO)COS(=O)(=O)c1ccc(C)cc1. The third kappa shape index (κ3) is 6.87. The van der Waals surface area contributed by atoms with Crippen molar-refractivity contribution in [3.63, 3.8) is 0 Å². The van der Waals surface area contributed by atoms with Crippen LogP contribution in [-0.4, -0.2) is 40.0 Å². The molecule has 0 aliphatic heterocycles. The first-order valence-corrected chi connectivity index (χ1v) is 9.05. The maximum atomic E-state index is 12.0. The predicted molar refractivity (Wildman–Crippen MR) is 85.2 cm³/mol. The molecule has 1 atom stereocenters. The Labute approximate surface area is 133 Å². The number of rotatable bonds is 11. The van der Waals surface area contributed by atoms with E-state index in [1.807, 2.05) is 6.92 Å². The Hall–Kier alpha value is -0.950. The molecule has 0 aromatic heterocycles. The summed E-state index contributed by atoms with van der Waals surface area (Å²) in [5.41, 5.74) is 0.983. The van der Waals surface area contributed by atoms with Crippen LogP contribution in [0.4, 0.5) is 0 Å². The molecule has 1 unspecified atom stereocenters. The maximum Gasteiger partial charge on any atom is 0.296 e. The van der Waals surface area contributed by atoms with Crippen LogP contribution in [0.5, 0.6) is 0 Å². The third-order valence-electron chi connectivity index (χ3n) is 3.34. The van der Waals surface area contributed by atoms with Crippen LogP contribution in [0, 0.1) is 12.8 Å². The monoisotopic (exact) mass is 330 g/mol. The zero-order valence-corrected chi connectivity index (χ0v) is 14.1. The number of aliphatic hydroxyl groups is 1. The standard InChI is InChI=1S/C16H26O5S/c1-3-4-10-20-11-9-15(12-17)13-21-22(18,19)16-7-5-14(2)6-8-16/h5-8,15,17H,3-4,9-13H2,1-2H3. The molecule has 0 amide bonds. The van der Waals surface area contributed by atoms with Crippen LogP contribution in [-0.2, 0) is 19.0 Å². The summed E-state index contributed by atoms with van der Waals surface area (Å²) in [6.07, 6.45) is 2.65. The topological polar surface area (TPSA) is 72.8 Å². The van der Waals surface area contributed by atoms with Crippen molar-refractivity contribution in [3.8, 4) is 0 Å². The fourth-order valence-corrected chi connectivity index (χ4v) is 2.76. The molecule has 0 saturated heterocycles. The molecule has 0 spiro atoms. The average Bonchev–Trinajstić information content (AvgIpc) is 2.50. The zero-order chi connectivity index (χ0) is 16.4. The molecule has 1 rings (SSSR count). The van der Waals surface area contributed by atoms with Gasteiger partial charge < -0.3 is 9.84 Å². The summed E-state index contributed by atoms with van der Waals surface area (Å²) in [6.45, 7) is 5.00. The van der Waals surface area contributed by atoms with Crippen LogP contribution in [0.15, 0.2) is 29.2 Å². The van der Waals surface area contributed by atoms with E-state index >= 15 is 0 Å². The van der Waals surface area contributed by atoms with Gasteiger partial charge in [0, 0.05) is 25.7 Å².